The van der Waals surface area contributed by atoms with Gasteiger partial charge in [-0.1, -0.05) is 6.07 Å². The minimum absolute atomic E-state index is 0.127. The fraction of sp³-hybridized carbons (Fsp3) is 0.231. The largest absolute Gasteiger partial charge is 0.396 e. The fourth-order valence-electron chi connectivity index (χ4n) is 1.47. The van der Waals surface area contributed by atoms with Crippen LogP contribution in [0.1, 0.15) is 16.1 Å². The molecule has 0 aliphatic heterocycles. The molecule has 0 aliphatic carbocycles. The van der Waals surface area contributed by atoms with Crippen LogP contribution >= 0.6 is 11.3 Å². The summed E-state index contributed by atoms with van der Waals surface area (Å²) in [6.07, 6.45) is 2.28. The lowest BCUT2D eigenvalue weighted by Gasteiger charge is -2.06. The minimum atomic E-state index is -0.127. The highest BCUT2D eigenvalue weighted by molar-refractivity contribution is 7.12. The summed E-state index contributed by atoms with van der Waals surface area (Å²) in [7, 11) is 0. The second kappa shape index (κ2) is 6.86. The summed E-state index contributed by atoms with van der Waals surface area (Å²) >= 11 is 1.40. The van der Waals surface area contributed by atoms with Gasteiger partial charge < -0.3 is 15.7 Å². The van der Waals surface area contributed by atoms with Crippen molar-refractivity contribution in [2.75, 3.05) is 23.8 Å². The molecule has 2 aromatic heterocycles. The van der Waals surface area contributed by atoms with Crippen molar-refractivity contribution in [1.82, 2.24) is 4.98 Å². The van der Waals surface area contributed by atoms with E-state index in [-0.39, 0.29) is 12.5 Å². The average molecular weight is 277 g/mol. The van der Waals surface area contributed by atoms with E-state index in [4.69, 9.17) is 5.11 Å². The third-order valence-electron chi connectivity index (χ3n) is 2.41. The van der Waals surface area contributed by atoms with Crippen LogP contribution in [0.4, 0.5) is 11.5 Å². The number of aliphatic hydroxyl groups is 1. The van der Waals surface area contributed by atoms with E-state index < -0.39 is 0 Å². The number of amides is 1. The van der Waals surface area contributed by atoms with Gasteiger partial charge in [-0.15, -0.1) is 11.3 Å². The van der Waals surface area contributed by atoms with Crippen molar-refractivity contribution in [1.29, 1.82) is 0 Å². The van der Waals surface area contributed by atoms with Crippen molar-refractivity contribution in [2.24, 2.45) is 0 Å². The predicted octanol–water partition coefficient (Wildman–Crippen LogP) is 2.19. The van der Waals surface area contributed by atoms with Crippen molar-refractivity contribution < 1.29 is 9.90 Å². The quantitative estimate of drug-likeness (QED) is 0.708. The van der Waals surface area contributed by atoms with Gasteiger partial charge in [-0.2, -0.15) is 0 Å². The van der Waals surface area contributed by atoms with Gasteiger partial charge in [0, 0.05) is 13.2 Å². The number of hydrogen-bond acceptors (Lipinski definition) is 5. The molecule has 0 bridgehead atoms. The summed E-state index contributed by atoms with van der Waals surface area (Å²) in [6.45, 7) is 0.826. The SMILES string of the molecule is O=C(Nc1ccc(NCCCO)nc1)c1cccs1. The monoisotopic (exact) mass is 277 g/mol. The van der Waals surface area contributed by atoms with Gasteiger partial charge >= 0.3 is 0 Å². The zero-order valence-corrected chi connectivity index (χ0v) is 11.1. The molecule has 0 aromatic carbocycles. The number of hydrogen-bond donors (Lipinski definition) is 3. The first-order chi connectivity index (χ1) is 9.29. The number of aromatic nitrogens is 1. The van der Waals surface area contributed by atoms with Crippen molar-refractivity contribution >= 4 is 28.7 Å². The smallest absolute Gasteiger partial charge is 0.265 e. The second-order valence-electron chi connectivity index (χ2n) is 3.87. The topological polar surface area (TPSA) is 74.2 Å². The molecular formula is C13H15N3O2S. The Labute approximate surface area is 115 Å². The van der Waals surface area contributed by atoms with E-state index >= 15 is 0 Å². The molecule has 2 heterocycles. The third kappa shape index (κ3) is 4.04. The summed E-state index contributed by atoms with van der Waals surface area (Å²) in [5.74, 6) is 0.598. The molecule has 0 saturated heterocycles. The lowest BCUT2D eigenvalue weighted by Crippen LogP contribution is -2.10. The Morgan fingerprint density at radius 3 is 2.89 bits per heavy atom. The molecule has 0 spiro atoms. The van der Waals surface area contributed by atoms with Crippen molar-refractivity contribution in [3.8, 4) is 0 Å². The summed E-state index contributed by atoms with van der Waals surface area (Å²) in [6, 6.07) is 7.20. The minimum Gasteiger partial charge on any atom is -0.396 e. The number of nitrogens with one attached hydrogen (secondary N) is 2. The highest BCUT2D eigenvalue weighted by atomic mass is 32.1. The molecular weight excluding hydrogens is 262 g/mol. The molecule has 0 unspecified atom stereocenters. The number of nitrogens with zero attached hydrogens (tertiary/aromatic N) is 1. The molecule has 0 aliphatic rings. The van der Waals surface area contributed by atoms with Crippen molar-refractivity contribution in [3.63, 3.8) is 0 Å². The normalized spacial score (nSPS) is 10.2. The van der Waals surface area contributed by atoms with Gasteiger partial charge in [0.25, 0.3) is 5.91 Å². The molecule has 0 fully saturated rings. The zero-order valence-electron chi connectivity index (χ0n) is 10.3. The van der Waals surface area contributed by atoms with E-state index in [1.54, 1.807) is 24.4 Å². The summed E-state index contributed by atoms with van der Waals surface area (Å²) in [5.41, 5.74) is 0.658. The van der Waals surface area contributed by atoms with Gasteiger partial charge in [0.2, 0.25) is 0 Å². The summed E-state index contributed by atoms with van der Waals surface area (Å²) < 4.78 is 0. The van der Waals surface area contributed by atoms with Gasteiger partial charge in [0.05, 0.1) is 16.8 Å². The average Bonchev–Trinajstić information content (AvgIpc) is 2.95. The Morgan fingerprint density at radius 1 is 1.37 bits per heavy atom. The van der Waals surface area contributed by atoms with Crippen LogP contribution in [0.15, 0.2) is 35.8 Å². The van der Waals surface area contributed by atoms with Crippen LogP contribution in [0.3, 0.4) is 0 Å². The second-order valence-corrected chi connectivity index (χ2v) is 4.82. The molecule has 100 valence electrons. The fourth-order valence-corrected chi connectivity index (χ4v) is 2.09. The summed E-state index contributed by atoms with van der Waals surface area (Å²) in [4.78, 5) is 16.7. The number of anilines is 2. The lowest BCUT2D eigenvalue weighted by molar-refractivity contribution is 0.103. The van der Waals surface area contributed by atoms with Crippen LogP contribution in [0.25, 0.3) is 0 Å². The maximum Gasteiger partial charge on any atom is 0.265 e. The van der Waals surface area contributed by atoms with Gasteiger partial charge in [-0.3, -0.25) is 4.79 Å². The Balaban J connectivity index is 1.90. The van der Waals surface area contributed by atoms with Crippen LogP contribution in [0.5, 0.6) is 0 Å². The van der Waals surface area contributed by atoms with E-state index in [1.807, 2.05) is 11.4 Å². The van der Waals surface area contributed by atoms with E-state index in [1.165, 1.54) is 11.3 Å². The van der Waals surface area contributed by atoms with Crippen molar-refractivity contribution in [3.05, 3.63) is 40.7 Å². The first kappa shape index (κ1) is 13.5. The maximum absolute atomic E-state index is 11.8. The Hall–Kier alpha value is -1.92. The Bertz CT molecular complexity index is 511. The van der Waals surface area contributed by atoms with Crippen LogP contribution in [-0.2, 0) is 0 Å². The lowest BCUT2D eigenvalue weighted by atomic mass is 10.3. The number of thiophene rings is 1. The summed E-state index contributed by atoms with van der Waals surface area (Å²) in [5, 5.41) is 16.4. The highest BCUT2D eigenvalue weighted by Crippen LogP contribution is 2.14. The van der Waals surface area contributed by atoms with Gasteiger partial charge in [-0.05, 0) is 30.0 Å². The molecule has 6 heteroatoms. The number of carbonyl (C=O) groups excluding carboxylic acids is 1. The van der Waals surface area contributed by atoms with Crippen LogP contribution in [0, 0.1) is 0 Å². The molecule has 5 nitrogen and oxygen atoms in total. The molecule has 0 atom stereocenters. The van der Waals surface area contributed by atoms with E-state index in [0.717, 1.165) is 5.82 Å². The van der Waals surface area contributed by atoms with Crippen LogP contribution < -0.4 is 10.6 Å². The first-order valence-corrected chi connectivity index (χ1v) is 6.83. The van der Waals surface area contributed by atoms with Gasteiger partial charge in [0.1, 0.15) is 5.82 Å². The van der Waals surface area contributed by atoms with Gasteiger partial charge in [0.15, 0.2) is 0 Å². The molecule has 19 heavy (non-hydrogen) atoms. The Kier molecular flexibility index (Phi) is 4.88. The number of rotatable bonds is 6. The maximum atomic E-state index is 11.8. The number of carbonyl (C=O) groups is 1. The number of pyridine rings is 1. The van der Waals surface area contributed by atoms with Crippen LogP contribution in [0.2, 0.25) is 0 Å². The third-order valence-corrected chi connectivity index (χ3v) is 3.28. The standard InChI is InChI=1S/C13H15N3O2S/c17-7-2-6-14-12-5-4-10(9-15-12)16-13(18)11-3-1-8-19-11/h1,3-5,8-9,17H,2,6-7H2,(H,14,15)(H,16,18). The van der Waals surface area contributed by atoms with Crippen molar-refractivity contribution in [2.45, 2.75) is 6.42 Å². The highest BCUT2D eigenvalue weighted by Gasteiger charge is 2.06. The molecule has 0 radical (unpaired) electrons. The van der Waals surface area contributed by atoms with E-state index in [9.17, 15) is 4.79 Å². The van der Waals surface area contributed by atoms with Gasteiger partial charge in [-0.25, -0.2) is 4.98 Å². The first-order valence-electron chi connectivity index (χ1n) is 5.95. The molecule has 0 saturated carbocycles. The number of aliphatic hydroxyl groups excluding tert-OH is 1. The zero-order chi connectivity index (χ0) is 13.5. The molecule has 2 aromatic rings. The molecule has 1 amide bonds. The van der Waals surface area contributed by atoms with E-state index in [0.29, 0.717) is 23.5 Å². The van der Waals surface area contributed by atoms with Crippen LogP contribution in [-0.4, -0.2) is 29.1 Å². The Morgan fingerprint density at radius 2 is 2.26 bits per heavy atom. The predicted molar refractivity (Wildman–Crippen MR) is 76.7 cm³/mol. The van der Waals surface area contributed by atoms with E-state index in [2.05, 4.69) is 15.6 Å². The molecule has 2 rings (SSSR count). The molecule has 3 N–H and O–H groups in total.